The summed E-state index contributed by atoms with van der Waals surface area (Å²) in [6.07, 6.45) is 2.19. The highest BCUT2D eigenvalue weighted by Crippen LogP contribution is 2.13. The minimum Gasteiger partial charge on any atom is -0.396 e. The molecule has 1 aromatic rings. The molecule has 4 heteroatoms. The van der Waals surface area contributed by atoms with Crippen LogP contribution in [0.3, 0.4) is 0 Å². The van der Waals surface area contributed by atoms with Crippen LogP contribution in [0.25, 0.3) is 0 Å². The summed E-state index contributed by atoms with van der Waals surface area (Å²) in [6, 6.07) is 0. The Balaban J connectivity index is 2.48. The molecule has 0 radical (unpaired) electrons. The van der Waals surface area contributed by atoms with E-state index in [0.717, 1.165) is 29.1 Å². The molecule has 0 N–H and O–H groups in total. The van der Waals surface area contributed by atoms with Gasteiger partial charge in [-0.3, -0.25) is 0 Å². The average Bonchev–Trinajstić information content (AvgIpc) is 2.59. The van der Waals surface area contributed by atoms with E-state index >= 15 is 0 Å². The van der Waals surface area contributed by atoms with Crippen molar-refractivity contribution in [1.29, 1.82) is 0 Å². The molecule has 0 aliphatic carbocycles. The number of aryl methyl sites for hydroxylation is 1. The normalized spacial score (nSPS) is 11.8. The number of unbranched alkanes of at least 4 members (excludes halogenated alkanes) is 1. The van der Waals surface area contributed by atoms with Crippen LogP contribution in [0, 0.1) is 6.92 Å². The number of oxime groups is 1. The molecule has 0 aromatic carbocycles. The van der Waals surface area contributed by atoms with Gasteiger partial charge in [0.1, 0.15) is 6.61 Å². The Labute approximate surface area is 88.8 Å². The highest BCUT2D eigenvalue weighted by molar-refractivity contribution is 7.12. The molecule has 1 rings (SSSR count). The van der Waals surface area contributed by atoms with Crippen LogP contribution in [0.1, 0.15) is 37.3 Å². The number of aromatic nitrogens is 1. The van der Waals surface area contributed by atoms with Crippen molar-refractivity contribution in [2.45, 2.75) is 33.6 Å². The van der Waals surface area contributed by atoms with Crippen molar-refractivity contribution in [1.82, 2.24) is 4.98 Å². The molecule has 0 atom stereocenters. The maximum Gasteiger partial charge on any atom is 0.117 e. The van der Waals surface area contributed by atoms with Crippen LogP contribution < -0.4 is 0 Å². The van der Waals surface area contributed by atoms with Crippen molar-refractivity contribution in [3.8, 4) is 0 Å². The maximum absolute atomic E-state index is 5.18. The standard InChI is InChI=1S/C10H16N2OS/c1-4-5-6-13-12-9(3)10-8(2)11-7-14-10/h7H,4-6H2,1-3H3. The van der Waals surface area contributed by atoms with E-state index in [9.17, 15) is 0 Å². The highest BCUT2D eigenvalue weighted by Gasteiger charge is 2.04. The lowest BCUT2D eigenvalue weighted by atomic mass is 10.3. The van der Waals surface area contributed by atoms with Crippen LogP contribution in [0.15, 0.2) is 10.7 Å². The lowest BCUT2D eigenvalue weighted by Gasteiger charge is -1.99. The van der Waals surface area contributed by atoms with Gasteiger partial charge < -0.3 is 4.84 Å². The molecule has 0 aliphatic rings. The van der Waals surface area contributed by atoms with Gasteiger partial charge in [0.25, 0.3) is 0 Å². The third kappa shape index (κ3) is 3.10. The van der Waals surface area contributed by atoms with E-state index in [-0.39, 0.29) is 0 Å². The number of rotatable bonds is 5. The monoisotopic (exact) mass is 212 g/mol. The Bertz CT molecular complexity index is 307. The molecule has 0 saturated heterocycles. The van der Waals surface area contributed by atoms with Gasteiger partial charge in [-0.1, -0.05) is 18.5 Å². The molecule has 0 bridgehead atoms. The predicted octanol–water partition coefficient (Wildman–Crippen LogP) is 2.99. The molecule has 1 heterocycles. The molecular formula is C10H16N2OS. The van der Waals surface area contributed by atoms with E-state index in [4.69, 9.17) is 4.84 Å². The maximum atomic E-state index is 5.18. The second kappa shape index (κ2) is 5.75. The lowest BCUT2D eigenvalue weighted by Crippen LogP contribution is -1.97. The largest absolute Gasteiger partial charge is 0.396 e. The van der Waals surface area contributed by atoms with E-state index in [1.807, 2.05) is 19.4 Å². The summed E-state index contributed by atoms with van der Waals surface area (Å²) >= 11 is 1.60. The van der Waals surface area contributed by atoms with E-state index in [1.165, 1.54) is 0 Å². The topological polar surface area (TPSA) is 34.5 Å². The SMILES string of the molecule is CCCCON=C(C)c1scnc1C. The van der Waals surface area contributed by atoms with Gasteiger partial charge in [-0.05, 0) is 20.3 Å². The summed E-state index contributed by atoms with van der Waals surface area (Å²) < 4.78 is 0. The second-order valence-corrected chi connectivity index (χ2v) is 3.99. The summed E-state index contributed by atoms with van der Waals surface area (Å²) in [5, 5.41) is 4.05. The molecular weight excluding hydrogens is 196 g/mol. The molecule has 78 valence electrons. The van der Waals surface area contributed by atoms with Gasteiger partial charge in [0.15, 0.2) is 0 Å². The van der Waals surface area contributed by atoms with E-state index in [1.54, 1.807) is 11.3 Å². The minimum absolute atomic E-state index is 0.700. The van der Waals surface area contributed by atoms with Gasteiger partial charge in [0.2, 0.25) is 0 Å². The van der Waals surface area contributed by atoms with Gasteiger partial charge in [-0.15, -0.1) is 11.3 Å². The van der Waals surface area contributed by atoms with Gasteiger partial charge in [0, 0.05) is 0 Å². The summed E-state index contributed by atoms with van der Waals surface area (Å²) in [5.74, 6) is 0. The average molecular weight is 212 g/mol. The fourth-order valence-electron chi connectivity index (χ4n) is 1.04. The lowest BCUT2D eigenvalue weighted by molar-refractivity contribution is 0.141. The first-order valence-corrected chi connectivity index (χ1v) is 5.70. The Hall–Kier alpha value is -0.900. The number of thiazole rings is 1. The van der Waals surface area contributed by atoms with Crippen LogP contribution in [0.4, 0.5) is 0 Å². The van der Waals surface area contributed by atoms with Crippen LogP contribution in [0.5, 0.6) is 0 Å². The van der Waals surface area contributed by atoms with Gasteiger partial charge >= 0.3 is 0 Å². The third-order valence-electron chi connectivity index (χ3n) is 1.86. The molecule has 0 unspecified atom stereocenters. The van der Waals surface area contributed by atoms with Gasteiger partial charge in [-0.2, -0.15) is 0 Å². The van der Waals surface area contributed by atoms with Gasteiger partial charge in [-0.25, -0.2) is 4.98 Å². The van der Waals surface area contributed by atoms with Crippen molar-refractivity contribution < 1.29 is 4.84 Å². The zero-order chi connectivity index (χ0) is 10.4. The van der Waals surface area contributed by atoms with Crippen LogP contribution >= 0.6 is 11.3 Å². The predicted molar refractivity (Wildman–Crippen MR) is 59.9 cm³/mol. The second-order valence-electron chi connectivity index (χ2n) is 3.13. The van der Waals surface area contributed by atoms with E-state index < -0.39 is 0 Å². The fourth-order valence-corrected chi connectivity index (χ4v) is 1.79. The summed E-state index contributed by atoms with van der Waals surface area (Å²) in [7, 11) is 0. The van der Waals surface area contributed by atoms with Crippen LogP contribution in [0.2, 0.25) is 0 Å². The third-order valence-corrected chi connectivity index (χ3v) is 2.90. The van der Waals surface area contributed by atoms with Crippen molar-refractivity contribution in [3.05, 3.63) is 16.1 Å². The molecule has 1 aromatic heterocycles. The first-order valence-electron chi connectivity index (χ1n) is 4.82. The first-order chi connectivity index (χ1) is 6.75. The molecule has 0 aliphatic heterocycles. The quantitative estimate of drug-likeness (QED) is 0.427. The van der Waals surface area contributed by atoms with Crippen LogP contribution in [-0.2, 0) is 4.84 Å². The highest BCUT2D eigenvalue weighted by atomic mass is 32.1. The Morgan fingerprint density at radius 1 is 1.64 bits per heavy atom. The van der Waals surface area contributed by atoms with E-state index in [0.29, 0.717) is 6.61 Å². The Morgan fingerprint density at radius 2 is 2.43 bits per heavy atom. The fraction of sp³-hybridized carbons (Fsp3) is 0.600. The zero-order valence-electron chi connectivity index (χ0n) is 8.91. The van der Waals surface area contributed by atoms with Crippen molar-refractivity contribution in [2.24, 2.45) is 5.16 Å². The summed E-state index contributed by atoms with van der Waals surface area (Å²) in [4.78, 5) is 10.5. The number of nitrogens with zero attached hydrogens (tertiary/aromatic N) is 2. The molecule has 0 saturated carbocycles. The summed E-state index contributed by atoms with van der Waals surface area (Å²) in [5.41, 5.74) is 3.77. The molecule has 0 spiro atoms. The van der Waals surface area contributed by atoms with E-state index in [2.05, 4.69) is 17.1 Å². The first kappa shape index (κ1) is 11.2. The number of hydrogen-bond acceptors (Lipinski definition) is 4. The van der Waals surface area contributed by atoms with Crippen molar-refractivity contribution >= 4 is 17.0 Å². The molecule has 0 amide bonds. The van der Waals surface area contributed by atoms with Gasteiger partial charge in [0.05, 0.1) is 21.8 Å². The van der Waals surface area contributed by atoms with Crippen molar-refractivity contribution in [3.63, 3.8) is 0 Å². The minimum atomic E-state index is 0.700. The molecule has 0 fully saturated rings. The summed E-state index contributed by atoms with van der Waals surface area (Å²) in [6.45, 7) is 6.77. The number of hydrogen-bond donors (Lipinski definition) is 0. The smallest absolute Gasteiger partial charge is 0.117 e. The molecule has 14 heavy (non-hydrogen) atoms. The Kier molecular flexibility index (Phi) is 4.59. The van der Waals surface area contributed by atoms with Crippen molar-refractivity contribution in [2.75, 3.05) is 6.61 Å². The Morgan fingerprint density at radius 3 is 3.00 bits per heavy atom. The molecule has 3 nitrogen and oxygen atoms in total. The zero-order valence-corrected chi connectivity index (χ0v) is 9.73. The van der Waals surface area contributed by atoms with Crippen LogP contribution in [-0.4, -0.2) is 17.3 Å².